The van der Waals surface area contributed by atoms with Crippen LogP contribution in [0, 0.1) is 0 Å². The lowest BCUT2D eigenvalue weighted by Crippen LogP contribution is -2.23. The van der Waals surface area contributed by atoms with Crippen LogP contribution in [0.4, 0.5) is 0 Å². The third kappa shape index (κ3) is 6.86. The van der Waals surface area contributed by atoms with Crippen LogP contribution in [-0.4, -0.2) is 19.1 Å². The first-order valence-electron chi connectivity index (χ1n) is 10.6. The quantitative estimate of drug-likeness (QED) is 0.468. The van der Waals surface area contributed by atoms with Gasteiger partial charge in [0.05, 0.1) is 26.4 Å². The zero-order valence-electron chi connectivity index (χ0n) is 18.1. The Morgan fingerprint density at radius 2 is 1.42 bits per heavy atom. The van der Waals surface area contributed by atoms with Crippen molar-refractivity contribution < 1.29 is 19.0 Å². The van der Waals surface area contributed by atoms with Crippen LogP contribution in [-0.2, 0) is 24.5 Å². The molecule has 5 heteroatoms. The molecule has 1 amide bonds. The van der Waals surface area contributed by atoms with Gasteiger partial charge in [0.1, 0.15) is 0 Å². The molecule has 0 radical (unpaired) electrons. The second kappa shape index (κ2) is 11.8. The molecule has 162 valence electrons. The predicted octanol–water partition coefficient (Wildman–Crippen LogP) is 5.13. The van der Waals surface area contributed by atoms with E-state index in [1.807, 2.05) is 62.4 Å². The van der Waals surface area contributed by atoms with Crippen molar-refractivity contribution in [3.8, 4) is 11.5 Å². The summed E-state index contributed by atoms with van der Waals surface area (Å²) in [5, 5.41) is 2.97. The van der Waals surface area contributed by atoms with Crippen LogP contribution >= 0.6 is 0 Å². The maximum absolute atomic E-state index is 12.6. The average Bonchev–Trinajstić information content (AvgIpc) is 2.80. The lowest BCUT2D eigenvalue weighted by molar-refractivity contribution is 0.0950. The predicted molar refractivity (Wildman–Crippen MR) is 121 cm³/mol. The van der Waals surface area contributed by atoms with Gasteiger partial charge >= 0.3 is 0 Å². The number of carbonyl (C=O) groups excluding carboxylic acids is 1. The Morgan fingerprint density at radius 3 is 2.19 bits per heavy atom. The largest absolute Gasteiger partial charge is 0.490 e. The molecule has 0 bridgehead atoms. The van der Waals surface area contributed by atoms with Gasteiger partial charge in [0.15, 0.2) is 11.5 Å². The number of hydrogen-bond acceptors (Lipinski definition) is 4. The van der Waals surface area contributed by atoms with Gasteiger partial charge < -0.3 is 19.5 Å². The van der Waals surface area contributed by atoms with Crippen LogP contribution in [0.25, 0.3) is 0 Å². The van der Waals surface area contributed by atoms with Crippen LogP contribution in [0.15, 0.2) is 72.8 Å². The Hall–Kier alpha value is -3.31. The summed E-state index contributed by atoms with van der Waals surface area (Å²) < 4.78 is 17.0. The zero-order chi connectivity index (χ0) is 21.9. The van der Waals surface area contributed by atoms with Crippen molar-refractivity contribution in [3.63, 3.8) is 0 Å². The van der Waals surface area contributed by atoms with E-state index in [0.29, 0.717) is 50.0 Å². The lowest BCUT2D eigenvalue weighted by atomic mass is 10.1. The molecule has 0 unspecified atom stereocenters. The van der Waals surface area contributed by atoms with Crippen molar-refractivity contribution in [2.24, 2.45) is 0 Å². The number of nitrogens with one attached hydrogen (secondary N) is 1. The smallest absolute Gasteiger partial charge is 0.251 e. The van der Waals surface area contributed by atoms with Crippen molar-refractivity contribution in [3.05, 3.63) is 95.1 Å². The minimum absolute atomic E-state index is 0.158. The molecule has 1 N–H and O–H groups in total. The molecule has 31 heavy (non-hydrogen) atoms. The first kappa shape index (κ1) is 22.4. The first-order valence-corrected chi connectivity index (χ1v) is 10.6. The number of ether oxygens (including phenoxy) is 3. The summed E-state index contributed by atoms with van der Waals surface area (Å²) in [5.41, 5.74) is 3.77. The van der Waals surface area contributed by atoms with Crippen LogP contribution in [0.3, 0.4) is 0 Å². The van der Waals surface area contributed by atoms with Gasteiger partial charge in [-0.05, 0) is 48.7 Å². The van der Waals surface area contributed by atoms with Gasteiger partial charge in [-0.15, -0.1) is 0 Å². The molecule has 0 saturated heterocycles. The third-order valence-corrected chi connectivity index (χ3v) is 4.63. The van der Waals surface area contributed by atoms with Crippen molar-refractivity contribution in [1.82, 2.24) is 5.32 Å². The molecule has 0 saturated carbocycles. The topological polar surface area (TPSA) is 56.8 Å². The van der Waals surface area contributed by atoms with E-state index >= 15 is 0 Å². The highest BCUT2D eigenvalue weighted by Crippen LogP contribution is 2.28. The fourth-order valence-electron chi connectivity index (χ4n) is 3.17. The Morgan fingerprint density at radius 1 is 0.742 bits per heavy atom. The molecule has 0 fully saturated rings. The fourth-order valence-corrected chi connectivity index (χ4v) is 3.17. The second-order valence-corrected chi connectivity index (χ2v) is 7.01. The van der Waals surface area contributed by atoms with Gasteiger partial charge in [-0.2, -0.15) is 0 Å². The molecule has 0 aliphatic carbocycles. The highest BCUT2D eigenvalue weighted by Gasteiger charge is 2.11. The summed E-state index contributed by atoms with van der Waals surface area (Å²) in [6, 6.07) is 23.4. The summed E-state index contributed by atoms with van der Waals surface area (Å²) in [5.74, 6) is 1.06. The molecule has 0 heterocycles. The van der Waals surface area contributed by atoms with Gasteiger partial charge in [-0.3, -0.25) is 4.79 Å². The fraction of sp³-hybridized carbons (Fsp3) is 0.269. The SMILES string of the molecule is CCOc1ccc(C(=O)NCc2cccc(COCc3ccccc3)c2)cc1OCC. The van der Waals surface area contributed by atoms with E-state index in [0.717, 1.165) is 16.7 Å². The maximum Gasteiger partial charge on any atom is 0.251 e. The van der Waals surface area contributed by atoms with Crippen LogP contribution in [0.2, 0.25) is 0 Å². The van der Waals surface area contributed by atoms with Crippen LogP contribution in [0.1, 0.15) is 40.9 Å². The Labute approximate surface area is 184 Å². The normalized spacial score (nSPS) is 10.5. The van der Waals surface area contributed by atoms with E-state index in [1.54, 1.807) is 18.2 Å². The Kier molecular flexibility index (Phi) is 8.49. The molecule has 5 nitrogen and oxygen atoms in total. The average molecular weight is 420 g/mol. The molecule has 3 rings (SSSR count). The monoisotopic (exact) mass is 419 g/mol. The molecular formula is C26H29NO4. The Bertz CT molecular complexity index is 972. The van der Waals surface area contributed by atoms with Gasteiger partial charge in [-0.1, -0.05) is 54.6 Å². The van der Waals surface area contributed by atoms with E-state index < -0.39 is 0 Å². The van der Waals surface area contributed by atoms with Crippen LogP contribution in [0.5, 0.6) is 11.5 Å². The minimum atomic E-state index is -0.158. The van der Waals surface area contributed by atoms with Gasteiger partial charge in [0.2, 0.25) is 0 Å². The van der Waals surface area contributed by atoms with Crippen molar-refractivity contribution in [2.45, 2.75) is 33.6 Å². The standard InChI is InChI=1S/C26H29NO4/c1-3-30-24-14-13-23(16-25(24)31-4-2)26(28)27-17-21-11-8-12-22(15-21)19-29-18-20-9-6-5-7-10-20/h5-16H,3-4,17-19H2,1-2H3,(H,27,28). The van der Waals surface area contributed by atoms with E-state index in [2.05, 4.69) is 11.4 Å². The summed E-state index contributed by atoms with van der Waals surface area (Å²) in [4.78, 5) is 12.6. The van der Waals surface area contributed by atoms with Crippen LogP contribution < -0.4 is 14.8 Å². The molecule has 0 aromatic heterocycles. The molecule has 0 aliphatic heterocycles. The summed E-state index contributed by atoms with van der Waals surface area (Å²) in [6.45, 7) is 6.38. The number of amides is 1. The molecule has 3 aromatic carbocycles. The first-order chi connectivity index (χ1) is 15.2. The molecule has 0 aliphatic rings. The molecular weight excluding hydrogens is 390 g/mol. The second-order valence-electron chi connectivity index (χ2n) is 7.01. The number of carbonyl (C=O) groups is 1. The maximum atomic E-state index is 12.6. The van der Waals surface area contributed by atoms with Crippen molar-refractivity contribution >= 4 is 5.91 Å². The van der Waals surface area contributed by atoms with E-state index in [-0.39, 0.29) is 5.91 Å². The molecule has 0 spiro atoms. The van der Waals surface area contributed by atoms with Crippen molar-refractivity contribution in [1.29, 1.82) is 0 Å². The number of rotatable bonds is 11. The van der Waals surface area contributed by atoms with Crippen molar-refractivity contribution in [2.75, 3.05) is 13.2 Å². The highest BCUT2D eigenvalue weighted by atomic mass is 16.5. The van der Waals surface area contributed by atoms with Gasteiger partial charge in [0, 0.05) is 12.1 Å². The lowest BCUT2D eigenvalue weighted by Gasteiger charge is -2.13. The molecule has 3 aromatic rings. The Balaban J connectivity index is 1.55. The minimum Gasteiger partial charge on any atom is -0.490 e. The molecule has 0 atom stereocenters. The highest BCUT2D eigenvalue weighted by molar-refractivity contribution is 5.94. The number of benzene rings is 3. The third-order valence-electron chi connectivity index (χ3n) is 4.63. The van der Waals surface area contributed by atoms with Gasteiger partial charge in [-0.25, -0.2) is 0 Å². The van der Waals surface area contributed by atoms with E-state index in [9.17, 15) is 4.79 Å². The van der Waals surface area contributed by atoms with E-state index in [1.165, 1.54) is 0 Å². The summed E-state index contributed by atoms with van der Waals surface area (Å²) in [6.07, 6.45) is 0. The summed E-state index contributed by atoms with van der Waals surface area (Å²) >= 11 is 0. The summed E-state index contributed by atoms with van der Waals surface area (Å²) in [7, 11) is 0. The number of hydrogen-bond donors (Lipinski definition) is 1. The van der Waals surface area contributed by atoms with Gasteiger partial charge in [0.25, 0.3) is 5.91 Å². The van der Waals surface area contributed by atoms with E-state index in [4.69, 9.17) is 14.2 Å². The zero-order valence-corrected chi connectivity index (χ0v) is 18.1.